The van der Waals surface area contributed by atoms with E-state index in [1.54, 1.807) is 0 Å². The van der Waals surface area contributed by atoms with Crippen LogP contribution in [0.3, 0.4) is 0 Å². The molecule has 0 saturated heterocycles. The second-order valence-electron chi connectivity index (χ2n) is 17.0. The molecule has 0 aromatic heterocycles. The summed E-state index contributed by atoms with van der Waals surface area (Å²) in [6.07, 6.45) is 0. The molecule has 0 N–H and O–H groups in total. The highest BCUT2D eigenvalue weighted by Crippen LogP contribution is 2.58. The quantitative estimate of drug-likeness (QED) is 0.153. The van der Waals surface area contributed by atoms with Gasteiger partial charge in [-0.2, -0.15) is 10.5 Å². The van der Waals surface area contributed by atoms with Gasteiger partial charge >= 0.3 is 0 Å². The fourth-order valence-corrected chi connectivity index (χ4v) is 10.3. The largest absolute Gasteiger partial charge is 0.310 e. The topological polar surface area (TPSA) is 50.8 Å². The predicted molar refractivity (Wildman–Crippen MR) is 277 cm³/mol. The maximum absolute atomic E-state index is 9.87. The van der Waals surface area contributed by atoms with Crippen LogP contribution in [0.5, 0.6) is 0 Å². The first-order valence-corrected chi connectivity index (χ1v) is 22.5. The number of para-hydroxylation sites is 1. The zero-order valence-corrected chi connectivity index (χ0v) is 36.4. The number of anilines is 3. The van der Waals surface area contributed by atoms with Gasteiger partial charge in [-0.15, -0.1) is 0 Å². The van der Waals surface area contributed by atoms with Crippen molar-refractivity contribution in [3.8, 4) is 90.0 Å². The number of benzene rings is 11. The lowest BCUT2D eigenvalue weighted by atomic mass is 9.82. The standard InChI is InChI=1S/C64H39N3/c65-40-42-16-12-22-46(34-42)49-36-50(47-23-13-17-43(35-47)41-66)39-53(38-49)67(51-25-8-3-9-26-51)52-27-14-24-48(37-52)54-32-33-59-62-55(54)30-15-31-58(62)63-60(44-18-4-1-5-19-44)56-28-10-11-29-57(56)61(64(59)63)45-20-6-2-7-21-45/h1-39H. The van der Waals surface area contributed by atoms with Crippen LogP contribution in [0.15, 0.2) is 237 Å². The molecule has 1 aliphatic carbocycles. The predicted octanol–water partition coefficient (Wildman–Crippen LogP) is 17.2. The first-order chi connectivity index (χ1) is 33.1. The molecule has 0 spiro atoms. The number of nitrogens with zero attached hydrogens (tertiary/aromatic N) is 3. The maximum atomic E-state index is 9.87. The monoisotopic (exact) mass is 849 g/mol. The minimum Gasteiger partial charge on any atom is -0.310 e. The van der Waals surface area contributed by atoms with Crippen LogP contribution in [0.25, 0.3) is 99.4 Å². The van der Waals surface area contributed by atoms with E-state index in [1.807, 2.05) is 54.6 Å². The summed E-state index contributed by atoms with van der Waals surface area (Å²) in [4.78, 5) is 2.30. The lowest BCUT2D eigenvalue weighted by Gasteiger charge is -2.27. The van der Waals surface area contributed by atoms with Gasteiger partial charge in [0, 0.05) is 17.1 Å². The van der Waals surface area contributed by atoms with Crippen molar-refractivity contribution >= 4 is 38.6 Å². The molecule has 310 valence electrons. The van der Waals surface area contributed by atoms with Crippen molar-refractivity contribution in [1.82, 2.24) is 0 Å². The van der Waals surface area contributed by atoms with Gasteiger partial charge in [-0.1, -0.05) is 170 Å². The van der Waals surface area contributed by atoms with E-state index in [0.29, 0.717) is 11.1 Å². The molecular weight excluding hydrogens is 811 g/mol. The van der Waals surface area contributed by atoms with Crippen molar-refractivity contribution in [2.24, 2.45) is 0 Å². The number of hydrogen-bond donors (Lipinski definition) is 0. The summed E-state index contributed by atoms with van der Waals surface area (Å²) in [7, 11) is 0. The highest BCUT2D eigenvalue weighted by molar-refractivity contribution is 6.28. The fraction of sp³-hybridized carbons (Fsp3) is 0. The van der Waals surface area contributed by atoms with Gasteiger partial charge in [0.25, 0.3) is 0 Å². The smallest absolute Gasteiger partial charge is 0.0991 e. The number of rotatable bonds is 8. The van der Waals surface area contributed by atoms with E-state index in [4.69, 9.17) is 0 Å². The lowest BCUT2D eigenvalue weighted by molar-refractivity contribution is 1.28. The van der Waals surface area contributed by atoms with E-state index in [1.165, 1.54) is 66.1 Å². The Labute approximate surface area is 390 Å². The van der Waals surface area contributed by atoms with Gasteiger partial charge in [0.05, 0.1) is 23.3 Å². The Kier molecular flexibility index (Phi) is 9.61. The molecular formula is C64H39N3. The molecule has 0 bridgehead atoms. The summed E-state index contributed by atoms with van der Waals surface area (Å²) in [5, 5.41) is 24.7. The molecule has 0 unspecified atom stereocenters. The van der Waals surface area contributed by atoms with Crippen molar-refractivity contribution < 1.29 is 0 Å². The molecule has 12 rings (SSSR count). The Morgan fingerprint density at radius 1 is 0.269 bits per heavy atom. The van der Waals surface area contributed by atoms with E-state index in [0.717, 1.165) is 50.4 Å². The molecule has 0 heterocycles. The van der Waals surface area contributed by atoms with Crippen molar-refractivity contribution in [2.45, 2.75) is 0 Å². The molecule has 11 aromatic rings. The van der Waals surface area contributed by atoms with Crippen LogP contribution < -0.4 is 4.90 Å². The van der Waals surface area contributed by atoms with Crippen LogP contribution in [0.2, 0.25) is 0 Å². The molecule has 0 amide bonds. The van der Waals surface area contributed by atoms with Gasteiger partial charge in [0.15, 0.2) is 0 Å². The second-order valence-corrected chi connectivity index (χ2v) is 17.0. The van der Waals surface area contributed by atoms with Crippen molar-refractivity contribution in [3.63, 3.8) is 0 Å². The van der Waals surface area contributed by atoms with Crippen molar-refractivity contribution in [2.75, 3.05) is 4.90 Å². The van der Waals surface area contributed by atoms with Crippen molar-refractivity contribution in [1.29, 1.82) is 10.5 Å². The number of fused-ring (bicyclic) bond motifs is 4. The Morgan fingerprint density at radius 3 is 1.28 bits per heavy atom. The highest BCUT2D eigenvalue weighted by atomic mass is 15.1. The molecule has 0 fully saturated rings. The van der Waals surface area contributed by atoms with Gasteiger partial charge in [0.1, 0.15) is 0 Å². The molecule has 11 aromatic carbocycles. The Hall–Kier alpha value is -9.28. The average Bonchev–Trinajstić information content (AvgIpc) is 3.73. The first kappa shape index (κ1) is 39.3. The van der Waals surface area contributed by atoms with Gasteiger partial charge in [0.2, 0.25) is 0 Å². The molecule has 1 aliphatic rings. The second kappa shape index (κ2) is 16.4. The van der Waals surface area contributed by atoms with Crippen molar-refractivity contribution in [3.05, 3.63) is 248 Å². The summed E-state index contributed by atoms with van der Waals surface area (Å²) < 4.78 is 0. The summed E-state index contributed by atoms with van der Waals surface area (Å²) in [6, 6.07) is 88.1. The van der Waals surface area contributed by atoms with E-state index in [9.17, 15) is 10.5 Å². The molecule has 3 nitrogen and oxygen atoms in total. The molecule has 0 saturated carbocycles. The average molecular weight is 850 g/mol. The Balaban J connectivity index is 1.07. The first-order valence-electron chi connectivity index (χ1n) is 22.5. The van der Waals surface area contributed by atoms with Crippen LogP contribution in [0.1, 0.15) is 11.1 Å². The number of nitriles is 2. The minimum absolute atomic E-state index is 0.595. The SMILES string of the molecule is N#Cc1cccc(-c2cc(-c3cccc(C#N)c3)cc(N(c3ccccc3)c3cccc(-c4ccc5c6c(cccc46)-c4c-5c(-c5ccccc5)c5ccccc5c4-c4ccccc4)c3)c2)c1. The summed E-state index contributed by atoms with van der Waals surface area (Å²) >= 11 is 0. The molecule has 0 aliphatic heterocycles. The van der Waals surface area contributed by atoms with E-state index >= 15 is 0 Å². The van der Waals surface area contributed by atoms with E-state index in [2.05, 4.69) is 199 Å². The number of hydrogen-bond acceptors (Lipinski definition) is 3. The fourth-order valence-electron chi connectivity index (χ4n) is 10.3. The van der Waals surface area contributed by atoms with E-state index in [-0.39, 0.29) is 0 Å². The summed E-state index contributed by atoms with van der Waals surface area (Å²) in [6.45, 7) is 0. The third-order valence-corrected chi connectivity index (χ3v) is 13.2. The van der Waals surface area contributed by atoms with Crippen LogP contribution in [0, 0.1) is 22.7 Å². The molecule has 67 heavy (non-hydrogen) atoms. The highest BCUT2D eigenvalue weighted by Gasteiger charge is 2.31. The zero-order chi connectivity index (χ0) is 44.8. The summed E-state index contributed by atoms with van der Waals surface area (Å²) in [5.41, 5.74) is 20.2. The van der Waals surface area contributed by atoms with Gasteiger partial charge in [-0.05, 0) is 166 Å². The van der Waals surface area contributed by atoms with Crippen LogP contribution in [-0.4, -0.2) is 0 Å². The molecule has 3 heteroatoms. The van der Waals surface area contributed by atoms with Gasteiger partial charge in [-0.25, -0.2) is 0 Å². The van der Waals surface area contributed by atoms with Gasteiger partial charge < -0.3 is 4.90 Å². The van der Waals surface area contributed by atoms with Crippen LogP contribution >= 0.6 is 0 Å². The minimum atomic E-state index is 0.595. The van der Waals surface area contributed by atoms with Crippen LogP contribution in [0.4, 0.5) is 17.1 Å². The zero-order valence-electron chi connectivity index (χ0n) is 36.4. The van der Waals surface area contributed by atoms with E-state index < -0.39 is 0 Å². The maximum Gasteiger partial charge on any atom is 0.0991 e. The normalized spacial score (nSPS) is 11.3. The van der Waals surface area contributed by atoms with Gasteiger partial charge in [-0.3, -0.25) is 0 Å². The third kappa shape index (κ3) is 6.74. The molecule has 0 atom stereocenters. The molecule has 0 radical (unpaired) electrons. The Morgan fingerprint density at radius 2 is 0.701 bits per heavy atom. The third-order valence-electron chi connectivity index (χ3n) is 13.2. The Bertz CT molecular complexity index is 3650. The lowest BCUT2D eigenvalue weighted by Crippen LogP contribution is -2.10. The summed E-state index contributed by atoms with van der Waals surface area (Å²) in [5.74, 6) is 0. The van der Waals surface area contributed by atoms with Crippen LogP contribution in [-0.2, 0) is 0 Å².